The lowest BCUT2D eigenvalue weighted by Gasteiger charge is -2.37. The Labute approximate surface area is 116 Å². The summed E-state index contributed by atoms with van der Waals surface area (Å²) in [5, 5.41) is 15.0. The molecule has 1 aromatic heterocycles. The van der Waals surface area contributed by atoms with E-state index in [-0.39, 0.29) is 10.6 Å². The van der Waals surface area contributed by atoms with Gasteiger partial charge in [-0.05, 0) is 19.1 Å². The van der Waals surface area contributed by atoms with Crippen LogP contribution in [0.1, 0.15) is 5.69 Å². The van der Waals surface area contributed by atoms with Crippen molar-refractivity contribution in [3.05, 3.63) is 40.1 Å². The average Bonchev–Trinajstić information content (AvgIpc) is 2.34. The molecule has 0 radical (unpaired) electrons. The lowest BCUT2D eigenvalue weighted by Crippen LogP contribution is -2.56. The molecule has 6 heteroatoms. The van der Waals surface area contributed by atoms with Crippen molar-refractivity contribution >= 4 is 22.3 Å². The fraction of sp³-hybridized carbons (Fsp3) is 0.357. The first-order chi connectivity index (χ1) is 9.56. The normalized spacial score (nSPS) is 15.1. The maximum atomic E-state index is 11.0. The Kier molecular flexibility index (Phi) is 3.02. The summed E-state index contributed by atoms with van der Waals surface area (Å²) >= 11 is 0. The van der Waals surface area contributed by atoms with Crippen LogP contribution in [-0.2, 0) is 0 Å². The molecule has 0 saturated carbocycles. The monoisotopic (exact) mass is 272 g/mol. The molecule has 0 aliphatic carbocycles. The number of nitro groups is 1. The van der Waals surface area contributed by atoms with Crippen molar-refractivity contribution in [2.75, 3.05) is 25.0 Å². The van der Waals surface area contributed by atoms with Crippen LogP contribution in [0.2, 0.25) is 0 Å². The average molecular weight is 272 g/mol. The minimum Gasteiger partial charge on any atom is -0.368 e. The van der Waals surface area contributed by atoms with E-state index >= 15 is 0 Å². The van der Waals surface area contributed by atoms with Crippen molar-refractivity contribution < 1.29 is 4.92 Å². The predicted molar refractivity (Wildman–Crippen MR) is 78.2 cm³/mol. The molecule has 1 aromatic carbocycles. The van der Waals surface area contributed by atoms with E-state index in [1.807, 2.05) is 20.0 Å². The number of aromatic nitrogens is 1. The minimum absolute atomic E-state index is 0.101. The zero-order valence-electron chi connectivity index (χ0n) is 11.5. The van der Waals surface area contributed by atoms with Crippen LogP contribution in [0.4, 0.5) is 11.4 Å². The van der Waals surface area contributed by atoms with E-state index in [2.05, 4.69) is 15.2 Å². The van der Waals surface area contributed by atoms with Gasteiger partial charge in [-0.1, -0.05) is 0 Å². The van der Waals surface area contributed by atoms with Gasteiger partial charge in [-0.2, -0.15) is 0 Å². The Morgan fingerprint density at radius 1 is 1.40 bits per heavy atom. The van der Waals surface area contributed by atoms with Crippen LogP contribution in [0.3, 0.4) is 0 Å². The first-order valence-corrected chi connectivity index (χ1v) is 6.55. The van der Waals surface area contributed by atoms with E-state index in [0.717, 1.165) is 35.4 Å². The number of benzene rings is 1. The largest absolute Gasteiger partial charge is 0.368 e. The van der Waals surface area contributed by atoms with Gasteiger partial charge >= 0.3 is 0 Å². The molecule has 2 heterocycles. The summed E-state index contributed by atoms with van der Waals surface area (Å²) in [5.74, 6) is 0. The molecule has 1 aliphatic heterocycles. The van der Waals surface area contributed by atoms with Gasteiger partial charge in [0.1, 0.15) is 0 Å². The van der Waals surface area contributed by atoms with Crippen LogP contribution in [0.25, 0.3) is 10.9 Å². The van der Waals surface area contributed by atoms with Crippen LogP contribution >= 0.6 is 0 Å². The fourth-order valence-electron chi connectivity index (χ4n) is 2.47. The van der Waals surface area contributed by atoms with Gasteiger partial charge < -0.3 is 10.2 Å². The number of hydrogen-bond acceptors (Lipinski definition) is 5. The molecule has 0 bridgehead atoms. The van der Waals surface area contributed by atoms with E-state index in [9.17, 15) is 10.1 Å². The van der Waals surface area contributed by atoms with Gasteiger partial charge in [-0.3, -0.25) is 15.1 Å². The van der Waals surface area contributed by atoms with Crippen molar-refractivity contribution in [1.29, 1.82) is 0 Å². The van der Waals surface area contributed by atoms with Gasteiger partial charge in [-0.15, -0.1) is 0 Å². The number of nitro benzene ring substituents is 1. The van der Waals surface area contributed by atoms with Crippen molar-refractivity contribution in [3.63, 3.8) is 0 Å². The minimum atomic E-state index is -0.367. The number of non-ortho nitro benzene ring substituents is 1. The van der Waals surface area contributed by atoms with E-state index in [1.165, 1.54) is 6.07 Å². The third-order valence-electron chi connectivity index (χ3n) is 3.80. The third-order valence-corrected chi connectivity index (χ3v) is 3.80. The quantitative estimate of drug-likeness (QED) is 0.682. The topological polar surface area (TPSA) is 71.3 Å². The molecule has 6 nitrogen and oxygen atoms in total. The second-order valence-corrected chi connectivity index (χ2v) is 5.16. The summed E-state index contributed by atoms with van der Waals surface area (Å²) in [7, 11) is 2.03. The fourth-order valence-corrected chi connectivity index (χ4v) is 2.47. The van der Waals surface area contributed by atoms with E-state index in [4.69, 9.17) is 0 Å². The Morgan fingerprint density at radius 2 is 2.15 bits per heavy atom. The van der Waals surface area contributed by atoms with Gasteiger partial charge in [0.2, 0.25) is 0 Å². The van der Waals surface area contributed by atoms with Crippen molar-refractivity contribution in [1.82, 2.24) is 10.3 Å². The molecule has 0 spiro atoms. The highest BCUT2D eigenvalue weighted by molar-refractivity contribution is 5.93. The number of pyridine rings is 1. The SMILES string of the molecule is Cc1cc(N(C)C2CNC2)c2cc([N+](=O)[O-])ccc2n1. The lowest BCUT2D eigenvalue weighted by molar-refractivity contribution is -0.384. The van der Waals surface area contributed by atoms with Crippen LogP contribution in [0.15, 0.2) is 24.3 Å². The summed E-state index contributed by atoms with van der Waals surface area (Å²) in [5.41, 5.74) is 2.82. The van der Waals surface area contributed by atoms with E-state index in [1.54, 1.807) is 12.1 Å². The summed E-state index contributed by atoms with van der Waals surface area (Å²) < 4.78 is 0. The van der Waals surface area contributed by atoms with Crippen LogP contribution in [0.5, 0.6) is 0 Å². The Balaban J connectivity index is 2.16. The number of anilines is 1. The molecule has 1 saturated heterocycles. The standard InChI is InChI=1S/C14H16N4O2/c1-9-5-14(17(2)11-7-15-8-11)12-6-10(18(19)20)3-4-13(12)16-9/h3-6,11,15H,7-8H2,1-2H3. The number of fused-ring (bicyclic) bond motifs is 1. The Morgan fingerprint density at radius 3 is 2.75 bits per heavy atom. The second-order valence-electron chi connectivity index (χ2n) is 5.16. The molecular weight excluding hydrogens is 256 g/mol. The number of aryl methyl sites for hydroxylation is 1. The van der Waals surface area contributed by atoms with Gasteiger partial charge in [0.05, 0.1) is 16.5 Å². The molecule has 2 aromatic rings. The highest BCUT2D eigenvalue weighted by atomic mass is 16.6. The number of hydrogen-bond donors (Lipinski definition) is 1. The number of nitrogens with one attached hydrogen (secondary N) is 1. The van der Waals surface area contributed by atoms with Crippen molar-refractivity contribution in [3.8, 4) is 0 Å². The van der Waals surface area contributed by atoms with Gasteiger partial charge in [0, 0.05) is 49.0 Å². The summed E-state index contributed by atoms with van der Waals surface area (Å²) in [6.07, 6.45) is 0. The van der Waals surface area contributed by atoms with Gasteiger partial charge in [0.25, 0.3) is 5.69 Å². The maximum Gasteiger partial charge on any atom is 0.270 e. The lowest BCUT2D eigenvalue weighted by atomic mass is 10.1. The van der Waals surface area contributed by atoms with Gasteiger partial charge in [-0.25, -0.2) is 0 Å². The van der Waals surface area contributed by atoms with Crippen molar-refractivity contribution in [2.24, 2.45) is 0 Å². The second kappa shape index (κ2) is 4.72. The summed E-state index contributed by atoms with van der Waals surface area (Å²) in [4.78, 5) is 17.2. The molecule has 104 valence electrons. The molecule has 3 rings (SSSR count). The number of likely N-dealkylation sites (N-methyl/N-ethyl adjacent to an activating group) is 1. The number of rotatable bonds is 3. The predicted octanol–water partition coefficient (Wildman–Crippen LogP) is 1.86. The first kappa shape index (κ1) is 12.8. The van der Waals surface area contributed by atoms with Crippen LogP contribution in [-0.4, -0.2) is 36.1 Å². The molecule has 0 atom stereocenters. The Hall–Kier alpha value is -2.21. The first-order valence-electron chi connectivity index (χ1n) is 6.55. The highest BCUT2D eigenvalue weighted by Gasteiger charge is 2.24. The molecular formula is C14H16N4O2. The highest BCUT2D eigenvalue weighted by Crippen LogP contribution is 2.30. The smallest absolute Gasteiger partial charge is 0.270 e. The molecule has 1 fully saturated rings. The van der Waals surface area contributed by atoms with E-state index < -0.39 is 0 Å². The van der Waals surface area contributed by atoms with Crippen LogP contribution < -0.4 is 10.2 Å². The molecule has 1 N–H and O–H groups in total. The molecule has 1 aliphatic rings. The zero-order valence-corrected chi connectivity index (χ0v) is 11.5. The molecule has 0 unspecified atom stereocenters. The van der Waals surface area contributed by atoms with Crippen molar-refractivity contribution in [2.45, 2.75) is 13.0 Å². The van der Waals surface area contributed by atoms with Gasteiger partial charge in [0.15, 0.2) is 0 Å². The van der Waals surface area contributed by atoms with E-state index in [0.29, 0.717) is 6.04 Å². The third kappa shape index (κ3) is 2.08. The maximum absolute atomic E-state index is 11.0. The summed E-state index contributed by atoms with van der Waals surface area (Å²) in [6.45, 7) is 3.82. The summed E-state index contributed by atoms with van der Waals surface area (Å²) in [6, 6.07) is 7.25. The molecule has 20 heavy (non-hydrogen) atoms. The Bertz CT molecular complexity index is 682. The molecule has 0 amide bonds. The zero-order chi connectivity index (χ0) is 14.3. The van der Waals surface area contributed by atoms with Crippen LogP contribution in [0, 0.1) is 17.0 Å². The number of nitrogens with zero attached hydrogens (tertiary/aromatic N) is 3.